The molecule has 0 heterocycles. The van der Waals surface area contributed by atoms with E-state index in [9.17, 15) is 8.78 Å². The van der Waals surface area contributed by atoms with E-state index in [0.29, 0.717) is 17.0 Å². The molecule has 1 saturated carbocycles. The normalized spacial score (nSPS) is 24.2. The van der Waals surface area contributed by atoms with Crippen LogP contribution in [0.3, 0.4) is 0 Å². The quantitative estimate of drug-likeness (QED) is 0.629. The maximum atomic E-state index is 14.0. The van der Waals surface area contributed by atoms with E-state index in [1.807, 2.05) is 0 Å². The van der Waals surface area contributed by atoms with Crippen molar-refractivity contribution in [1.29, 1.82) is 0 Å². The minimum atomic E-state index is -0.327. The molecule has 3 heteroatoms. The zero-order valence-corrected chi connectivity index (χ0v) is 12.7. The lowest BCUT2D eigenvalue weighted by atomic mass is 9.78. The second-order valence-electron chi connectivity index (χ2n) is 6.01. The molecule has 100 valence electrons. The van der Waals surface area contributed by atoms with Crippen molar-refractivity contribution >= 4 is 15.9 Å². The molecule has 0 nitrogen and oxygen atoms in total. The summed E-state index contributed by atoms with van der Waals surface area (Å²) < 4.78 is 27.6. The summed E-state index contributed by atoms with van der Waals surface area (Å²) in [6.45, 7) is 6.01. The van der Waals surface area contributed by atoms with E-state index >= 15 is 0 Å². The summed E-state index contributed by atoms with van der Waals surface area (Å²) in [5.41, 5.74) is 1.00. The highest BCUT2D eigenvalue weighted by molar-refractivity contribution is 9.09. The predicted molar refractivity (Wildman–Crippen MR) is 73.9 cm³/mol. The smallest absolute Gasteiger partial charge is 0.128 e. The van der Waals surface area contributed by atoms with Gasteiger partial charge in [0.05, 0.1) is 0 Å². The van der Waals surface area contributed by atoms with E-state index in [1.54, 1.807) is 6.92 Å². The van der Waals surface area contributed by atoms with E-state index in [4.69, 9.17) is 0 Å². The van der Waals surface area contributed by atoms with Gasteiger partial charge in [-0.1, -0.05) is 36.2 Å². The maximum absolute atomic E-state index is 14.0. The lowest BCUT2D eigenvalue weighted by Crippen LogP contribution is -2.22. The first-order valence-electron chi connectivity index (χ1n) is 6.42. The van der Waals surface area contributed by atoms with Crippen LogP contribution in [-0.4, -0.2) is 0 Å². The molecular formula is C15H19BrF2. The first-order valence-corrected chi connectivity index (χ1v) is 7.34. The van der Waals surface area contributed by atoms with Crippen molar-refractivity contribution in [2.75, 3.05) is 0 Å². The third-order valence-corrected chi connectivity index (χ3v) is 5.40. The number of hydrogen-bond acceptors (Lipinski definition) is 0. The van der Waals surface area contributed by atoms with Gasteiger partial charge in [-0.3, -0.25) is 0 Å². The Hall–Kier alpha value is -0.440. The van der Waals surface area contributed by atoms with Gasteiger partial charge in [-0.25, -0.2) is 8.78 Å². The first kappa shape index (κ1) is 14.0. The summed E-state index contributed by atoms with van der Waals surface area (Å²) in [7, 11) is 0. The Kier molecular flexibility index (Phi) is 3.82. The average Bonchev–Trinajstić information content (AvgIpc) is 2.62. The molecule has 0 amide bonds. The molecule has 0 N–H and O–H groups in total. The Balaban J connectivity index is 2.34. The molecule has 0 aromatic heterocycles. The summed E-state index contributed by atoms with van der Waals surface area (Å²) in [6.07, 6.45) is 3.38. The van der Waals surface area contributed by atoms with Crippen molar-refractivity contribution in [2.45, 2.75) is 44.9 Å². The highest BCUT2D eigenvalue weighted by atomic mass is 79.9. The monoisotopic (exact) mass is 316 g/mol. The van der Waals surface area contributed by atoms with Crippen LogP contribution >= 0.6 is 15.9 Å². The van der Waals surface area contributed by atoms with Gasteiger partial charge in [-0.05, 0) is 48.8 Å². The van der Waals surface area contributed by atoms with Gasteiger partial charge in [-0.15, -0.1) is 0 Å². The van der Waals surface area contributed by atoms with E-state index < -0.39 is 0 Å². The molecule has 0 saturated heterocycles. The van der Waals surface area contributed by atoms with Crippen molar-refractivity contribution in [3.63, 3.8) is 0 Å². The summed E-state index contributed by atoms with van der Waals surface area (Å²) in [4.78, 5) is -0.106. The molecule has 1 aromatic carbocycles. The Bertz CT molecular complexity index is 454. The molecule has 1 aromatic rings. The molecule has 1 aliphatic rings. The van der Waals surface area contributed by atoms with Gasteiger partial charge in [0.1, 0.15) is 11.6 Å². The van der Waals surface area contributed by atoms with Gasteiger partial charge in [0.2, 0.25) is 0 Å². The zero-order chi connectivity index (χ0) is 13.5. The van der Waals surface area contributed by atoms with Crippen LogP contribution in [0, 0.1) is 29.9 Å². The van der Waals surface area contributed by atoms with Crippen molar-refractivity contribution in [3.8, 4) is 0 Å². The molecular weight excluding hydrogens is 298 g/mol. The van der Waals surface area contributed by atoms with E-state index in [1.165, 1.54) is 12.1 Å². The van der Waals surface area contributed by atoms with Crippen LogP contribution in [0.1, 0.15) is 49.1 Å². The lowest BCUT2D eigenvalue weighted by molar-refractivity contribution is 0.255. The SMILES string of the molecule is Cc1cc(F)c(C(Br)C2CCCC2(C)C)cc1F. The number of hydrogen-bond donors (Lipinski definition) is 0. The van der Waals surface area contributed by atoms with E-state index in [-0.39, 0.29) is 21.9 Å². The van der Waals surface area contributed by atoms with Gasteiger partial charge in [0, 0.05) is 10.4 Å². The fourth-order valence-corrected chi connectivity index (χ4v) is 4.32. The number of benzene rings is 1. The molecule has 0 spiro atoms. The Morgan fingerprint density at radius 1 is 1.28 bits per heavy atom. The van der Waals surface area contributed by atoms with Crippen LogP contribution in [0.5, 0.6) is 0 Å². The number of halogens is 3. The molecule has 0 aliphatic heterocycles. The van der Waals surface area contributed by atoms with E-state index in [0.717, 1.165) is 19.3 Å². The van der Waals surface area contributed by atoms with Crippen LogP contribution in [0.15, 0.2) is 12.1 Å². The summed E-state index contributed by atoms with van der Waals surface area (Å²) >= 11 is 3.59. The molecule has 2 atom stereocenters. The topological polar surface area (TPSA) is 0 Å². The highest BCUT2D eigenvalue weighted by Gasteiger charge is 2.40. The molecule has 1 aliphatic carbocycles. The molecule has 2 unspecified atom stereocenters. The maximum Gasteiger partial charge on any atom is 0.128 e. The minimum absolute atomic E-state index is 0.106. The molecule has 2 rings (SSSR count). The molecule has 0 radical (unpaired) electrons. The third kappa shape index (κ3) is 2.47. The second kappa shape index (κ2) is 4.92. The molecule has 18 heavy (non-hydrogen) atoms. The summed E-state index contributed by atoms with van der Waals surface area (Å²) in [5.74, 6) is -0.278. The minimum Gasteiger partial charge on any atom is -0.207 e. The van der Waals surface area contributed by atoms with Gasteiger partial charge in [0.25, 0.3) is 0 Å². The van der Waals surface area contributed by atoms with Crippen LogP contribution in [0.2, 0.25) is 0 Å². The summed E-state index contributed by atoms with van der Waals surface area (Å²) in [6, 6.07) is 2.64. The van der Waals surface area contributed by atoms with Crippen LogP contribution < -0.4 is 0 Å². The Labute approximate surface area is 116 Å². The fraction of sp³-hybridized carbons (Fsp3) is 0.600. The van der Waals surface area contributed by atoms with Crippen LogP contribution in [0.25, 0.3) is 0 Å². The predicted octanol–water partition coefficient (Wildman–Crippen LogP) is 5.54. The third-order valence-electron chi connectivity index (χ3n) is 4.27. The van der Waals surface area contributed by atoms with Crippen molar-refractivity contribution in [3.05, 3.63) is 34.9 Å². The number of alkyl halides is 1. The van der Waals surface area contributed by atoms with Gasteiger partial charge >= 0.3 is 0 Å². The van der Waals surface area contributed by atoms with Crippen LogP contribution in [-0.2, 0) is 0 Å². The van der Waals surface area contributed by atoms with Crippen molar-refractivity contribution in [1.82, 2.24) is 0 Å². The summed E-state index contributed by atoms with van der Waals surface area (Å²) in [5, 5.41) is 0. The van der Waals surface area contributed by atoms with E-state index in [2.05, 4.69) is 29.8 Å². The van der Waals surface area contributed by atoms with Crippen molar-refractivity contribution < 1.29 is 8.78 Å². The molecule has 1 fully saturated rings. The number of rotatable bonds is 2. The Morgan fingerprint density at radius 3 is 2.50 bits per heavy atom. The second-order valence-corrected chi connectivity index (χ2v) is 7.00. The standard InChI is InChI=1S/C15H19BrF2/c1-9-7-13(18)10(8-12(9)17)14(16)11-5-4-6-15(11,2)3/h7-8,11,14H,4-6H2,1-3H3. The van der Waals surface area contributed by atoms with Gasteiger partial charge in [-0.2, -0.15) is 0 Å². The highest BCUT2D eigenvalue weighted by Crippen LogP contribution is 2.52. The largest absolute Gasteiger partial charge is 0.207 e. The lowest BCUT2D eigenvalue weighted by Gasteiger charge is -2.31. The average molecular weight is 317 g/mol. The molecule has 0 bridgehead atoms. The Morgan fingerprint density at radius 2 is 1.94 bits per heavy atom. The fourth-order valence-electron chi connectivity index (χ4n) is 2.99. The van der Waals surface area contributed by atoms with Gasteiger partial charge < -0.3 is 0 Å². The first-order chi connectivity index (χ1) is 8.33. The zero-order valence-electron chi connectivity index (χ0n) is 11.1. The van der Waals surface area contributed by atoms with Gasteiger partial charge in [0.15, 0.2) is 0 Å². The van der Waals surface area contributed by atoms with Crippen molar-refractivity contribution in [2.24, 2.45) is 11.3 Å². The number of aryl methyl sites for hydroxylation is 1. The van der Waals surface area contributed by atoms with Crippen LogP contribution in [0.4, 0.5) is 8.78 Å².